The minimum absolute atomic E-state index is 0.0237. The number of aryl methyl sites for hydroxylation is 1. The van der Waals surface area contributed by atoms with Crippen molar-refractivity contribution in [2.75, 3.05) is 0 Å². The molecule has 0 radical (unpaired) electrons. The van der Waals surface area contributed by atoms with E-state index in [-0.39, 0.29) is 12.0 Å². The van der Waals surface area contributed by atoms with E-state index in [0.717, 1.165) is 0 Å². The van der Waals surface area contributed by atoms with Crippen molar-refractivity contribution in [3.8, 4) is 0 Å². The Morgan fingerprint density at radius 1 is 1.19 bits per heavy atom. The second kappa shape index (κ2) is 5.01. The van der Waals surface area contributed by atoms with Gasteiger partial charge in [0.25, 0.3) is 0 Å². The third kappa shape index (κ3) is 4.33. The number of alkyl halides is 3. The normalized spacial score (nSPS) is 11.4. The van der Waals surface area contributed by atoms with Crippen molar-refractivity contribution < 1.29 is 23.1 Å². The van der Waals surface area contributed by atoms with Crippen molar-refractivity contribution in [1.29, 1.82) is 0 Å². The van der Waals surface area contributed by atoms with E-state index in [1.807, 2.05) is 0 Å². The van der Waals surface area contributed by atoms with Gasteiger partial charge in [-0.2, -0.15) is 13.2 Å². The minimum Gasteiger partial charge on any atom is -0.478 e. The van der Waals surface area contributed by atoms with Gasteiger partial charge in [-0.25, -0.2) is 4.79 Å². The maximum Gasteiger partial charge on any atom is 0.389 e. The van der Waals surface area contributed by atoms with Gasteiger partial charge in [0.15, 0.2) is 0 Å². The summed E-state index contributed by atoms with van der Waals surface area (Å²) in [6, 6.07) is 5.87. The Hall–Kier alpha value is -1.52. The summed E-state index contributed by atoms with van der Waals surface area (Å²) in [5, 5.41) is 8.61. The molecule has 0 heterocycles. The predicted molar refractivity (Wildman–Crippen MR) is 52.4 cm³/mol. The van der Waals surface area contributed by atoms with Gasteiger partial charge in [-0.05, 0) is 30.5 Å². The molecule has 0 aliphatic rings. The predicted octanol–water partition coefficient (Wildman–Crippen LogP) is 3.27. The average Bonchev–Trinajstić information content (AvgIpc) is 2.16. The molecular formula is C11H11F3O2. The summed E-state index contributed by atoms with van der Waals surface area (Å²) in [4.78, 5) is 10.5. The molecule has 88 valence electrons. The number of hydrogen-bond donors (Lipinski definition) is 1. The molecular weight excluding hydrogens is 221 g/mol. The molecule has 0 saturated heterocycles. The van der Waals surface area contributed by atoms with Crippen LogP contribution in [0, 0.1) is 0 Å². The van der Waals surface area contributed by atoms with Crippen LogP contribution in [0.15, 0.2) is 24.3 Å². The van der Waals surface area contributed by atoms with Crippen LogP contribution >= 0.6 is 0 Å². The number of rotatable bonds is 4. The molecule has 0 unspecified atom stereocenters. The van der Waals surface area contributed by atoms with Gasteiger partial charge in [0.05, 0.1) is 5.56 Å². The molecule has 0 atom stereocenters. The minimum atomic E-state index is -4.12. The highest BCUT2D eigenvalue weighted by Crippen LogP contribution is 2.22. The summed E-state index contributed by atoms with van der Waals surface area (Å²) in [6.45, 7) is 0. The van der Waals surface area contributed by atoms with E-state index in [4.69, 9.17) is 5.11 Å². The smallest absolute Gasteiger partial charge is 0.389 e. The summed E-state index contributed by atoms with van der Waals surface area (Å²) in [6.07, 6.45) is -4.61. The first-order chi connectivity index (χ1) is 7.38. The third-order valence-corrected chi connectivity index (χ3v) is 2.13. The molecule has 1 rings (SSSR count). The lowest BCUT2D eigenvalue weighted by atomic mass is 10.1. The highest BCUT2D eigenvalue weighted by Gasteiger charge is 2.25. The number of benzene rings is 1. The maximum absolute atomic E-state index is 11.9. The fourth-order valence-electron chi connectivity index (χ4n) is 1.31. The van der Waals surface area contributed by atoms with Crippen LogP contribution < -0.4 is 0 Å². The summed E-state index contributed by atoms with van der Waals surface area (Å²) in [7, 11) is 0. The van der Waals surface area contributed by atoms with E-state index >= 15 is 0 Å². The quantitative estimate of drug-likeness (QED) is 0.864. The molecule has 1 aromatic carbocycles. The molecule has 0 fully saturated rings. The molecule has 0 aliphatic heterocycles. The standard InChI is InChI=1S/C11H11F3O2/c12-11(13,14)7-1-2-8-3-5-9(6-4-8)10(15)16/h3-6H,1-2,7H2,(H,15,16). The van der Waals surface area contributed by atoms with E-state index in [1.54, 1.807) is 12.1 Å². The van der Waals surface area contributed by atoms with Crippen molar-refractivity contribution in [1.82, 2.24) is 0 Å². The van der Waals surface area contributed by atoms with Crippen molar-refractivity contribution in [3.63, 3.8) is 0 Å². The first-order valence-electron chi connectivity index (χ1n) is 4.77. The molecule has 2 nitrogen and oxygen atoms in total. The van der Waals surface area contributed by atoms with E-state index in [9.17, 15) is 18.0 Å². The molecule has 0 spiro atoms. The van der Waals surface area contributed by atoms with Crippen molar-refractivity contribution in [2.45, 2.75) is 25.4 Å². The third-order valence-electron chi connectivity index (χ3n) is 2.13. The zero-order valence-electron chi connectivity index (χ0n) is 8.42. The zero-order valence-corrected chi connectivity index (χ0v) is 8.42. The number of carboxylic acid groups (broad SMARTS) is 1. The van der Waals surface area contributed by atoms with Gasteiger partial charge < -0.3 is 5.11 Å². The van der Waals surface area contributed by atoms with Crippen molar-refractivity contribution >= 4 is 5.97 Å². The Labute approximate surface area is 90.7 Å². The molecule has 5 heteroatoms. The molecule has 0 bridgehead atoms. The molecule has 0 aliphatic carbocycles. The maximum atomic E-state index is 11.9. The fraction of sp³-hybridized carbons (Fsp3) is 0.364. The summed E-state index contributed by atoms with van der Waals surface area (Å²) >= 11 is 0. The molecule has 0 saturated carbocycles. The summed E-state index contributed by atoms with van der Waals surface area (Å²) in [5.41, 5.74) is 0.855. The first-order valence-corrected chi connectivity index (χ1v) is 4.77. The number of carbonyl (C=O) groups is 1. The monoisotopic (exact) mass is 232 g/mol. The topological polar surface area (TPSA) is 37.3 Å². The fourth-order valence-corrected chi connectivity index (χ4v) is 1.31. The number of halogens is 3. The molecule has 16 heavy (non-hydrogen) atoms. The van der Waals surface area contributed by atoms with E-state index in [1.165, 1.54) is 12.1 Å². The van der Waals surface area contributed by atoms with Crippen molar-refractivity contribution in [3.05, 3.63) is 35.4 Å². The van der Waals surface area contributed by atoms with Crippen molar-refractivity contribution in [2.24, 2.45) is 0 Å². The Bertz CT molecular complexity index is 354. The molecule has 1 N–H and O–H groups in total. The number of hydrogen-bond acceptors (Lipinski definition) is 1. The largest absolute Gasteiger partial charge is 0.478 e. The van der Waals surface area contributed by atoms with Gasteiger partial charge in [0.1, 0.15) is 0 Å². The van der Waals surface area contributed by atoms with Gasteiger partial charge in [0.2, 0.25) is 0 Å². The second-order valence-electron chi connectivity index (χ2n) is 3.47. The highest BCUT2D eigenvalue weighted by atomic mass is 19.4. The van der Waals surface area contributed by atoms with E-state index in [2.05, 4.69) is 0 Å². The van der Waals surface area contributed by atoms with Crippen LogP contribution in [0.25, 0.3) is 0 Å². The summed E-state index contributed by atoms with van der Waals surface area (Å²) < 4.78 is 35.6. The molecule has 0 amide bonds. The highest BCUT2D eigenvalue weighted by molar-refractivity contribution is 5.87. The average molecular weight is 232 g/mol. The van der Waals surface area contributed by atoms with Crippen LogP contribution in [-0.4, -0.2) is 17.3 Å². The SMILES string of the molecule is O=C(O)c1ccc(CCCC(F)(F)F)cc1. The van der Waals surface area contributed by atoms with Crippen LogP contribution in [0.3, 0.4) is 0 Å². The Balaban J connectivity index is 2.47. The number of aromatic carboxylic acids is 1. The van der Waals surface area contributed by atoms with Gasteiger partial charge in [0, 0.05) is 6.42 Å². The lowest BCUT2D eigenvalue weighted by Crippen LogP contribution is -2.07. The number of carboxylic acids is 1. The van der Waals surface area contributed by atoms with Gasteiger partial charge in [-0.15, -0.1) is 0 Å². The van der Waals surface area contributed by atoms with Gasteiger partial charge >= 0.3 is 12.1 Å². The first kappa shape index (κ1) is 12.5. The van der Waals surface area contributed by atoms with E-state index in [0.29, 0.717) is 12.0 Å². The Kier molecular flexibility index (Phi) is 3.93. The zero-order chi connectivity index (χ0) is 12.2. The van der Waals surface area contributed by atoms with E-state index < -0.39 is 18.6 Å². The van der Waals surface area contributed by atoms with Crippen LogP contribution in [-0.2, 0) is 6.42 Å². The molecule has 1 aromatic rings. The van der Waals surface area contributed by atoms with Gasteiger partial charge in [-0.3, -0.25) is 0 Å². The lowest BCUT2D eigenvalue weighted by Gasteiger charge is -2.05. The summed E-state index contributed by atoms with van der Waals surface area (Å²) in [5.74, 6) is -1.04. The molecule has 0 aromatic heterocycles. The van der Waals surface area contributed by atoms with Crippen LogP contribution in [0.5, 0.6) is 0 Å². The van der Waals surface area contributed by atoms with Gasteiger partial charge in [-0.1, -0.05) is 12.1 Å². The van der Waals surface area contributed by atoms with Crippen LogP contribution in [0.4, 0.5) is 13.2 Å². The Morgan fingerprint density at radius 3 is 2.19 bits per heavy atom. The lowest BCUT2D eigenvalue weighted by molar-refractivity contribution is -0.135. The second-order valence-corrected chi connectivity index (χ2v) is 3.47. The van der Waals surface area contributed by atoms with Crippen LogP contribution in [0.2, 0.25) is 0 Å². The Morgan fingerprint density at radius 2 is 1.75 bits per heavy atom. The van der Waals surface area contributed by atoms with Crippen LogP contribution in [0.1, 0.15) is 28.8 Å².